The third-order valence-electron chi connectivity index (χ3n) is 4.62. The molecule has 1 aliphatic rings. The Hall–Kier alpha value is -2.22. The minimum Gasteiger partial charge on any atom is -0.363 e. The number of hydrogen-bond donors (Lipinski definition) is 2. The van der Waals surface area contributed by atoms with E-state index in [9.17, 15) is 13.2 Å². The lowest BCUT2D eigenvalue weighted by Crippen LogP contribution is -2.48. The molecule has 1 saturated heterocycles. The molecule has 8 heteroatoms. The zero-order valence-electron chi connectivity index (χ0n) is 15.1. The molecule has 1 aliphatic heterocycles. The van der Waals surface area contributed by atoms with Crippen LogP contribution in [0.2, 0.25) is 0 Å². The van der Waals surface area contributed by atoms with Crippen LogP contribution in [0.5, 0.6) is 0 Å². The van der Waals surface area contributed by atoms with Crippen LogP contribution in [-0.2, 0) is 12.7 Å². The number of thiophene rings is 1. The lowest BCUT2D eigenvalue weighted by Gasteiger charge is -2.33. The van der Waals surface area contributed by atoms with E-state index in [0.29, 0.717) is 18.5 Å². The van der Waals surface area contributed by atoms with Gasteiger partial charge in [-0.05, 0) is 48.1 Å². The first-order valence-electron chi connectivity index (χ1n) is 8.87. The summed E-state index contributed by atoms with van der Waals surface area (Å²) in [5.41, 5.74) is 0.143. The van der Waals surface area contributed by atoms with Crippen LogP contribution in [0.4, 0.5) is 18.2 Å². The molecule has 2 N–H and O–H groups in total. The zero-order valence-corrected chi connectivity index (χ0v) is 15.9. The van der Waals surface area contributed by atoms with E-state index in [2.05, 4.69) is 38.0 Å². The molecule has 4 nitrogen and oxygen atoms in total. The molecule has 0 saturated carbocycles. The highest BCUT2D eigenvalue weighted by Gasteiger charge is 2.29. The van der Waals surface area contributed by atoms with Crippen LogP contribution in [0.25, 0.3) is 0 Å². The number of nitrogens with one attached hydrogen (secondary N) is 2. The van der Waals surface area contributed by atoms with Crippen LogP contribution in [-0.4, -0.2) is 32.1 Å². The van der Waals surface area contributed by atoms with E-state index >= 15 is 0 Å². The molecular formula is C19H23F3N4S. The summed E-state index contributed by atoms with van der Waals surface area (Å²) in [6.45, 7) is 2.41. The summed E-state index contributed by atoms with van der Waals surface area (Å²) in [5, 5.41) is 9.98. The van der Waals surface area contributed by atoms with E-state index < -0.39 is 11.7 Å². The molecule has 27 heavy (non-hydrogen) atoms. The number of hydrogen-bond acceptors (Lipinski definition) is 3. The van der Waals surface area contributed by atoms with E-state index in [4.69, 9.17) is 0 Å². The highest BCUT2D eigenvalue weighted by Crippen LogP contribution is 2.29. The molecule has 2 heterocycles. The Morgan fingerprint density at radius 1 is 1.19 bits per heavy atom. The average Bonchev–Trinajstić information content (AvgIpc) is 3.20. The Bertz CT molecular complexity index is 733. The molecule has 0 unspecified atom stereocenters. The van der Waals surface area contributed by atoms with Crippen molar-refractivity contribution < 1.29 is 13.2 Å². The van der Waals surface area contributed by atoms with Gasteiger partial charge in [0, 0.05) is 32.7 Å². The summed E-state index contributed by atoms with van der Waals surface area (Å²) >= 11 is 1.76. The molecule has 0 radical (unpaired) electrons. The second-order valence-electron chi connectivity index (χ2n) is 6.48. The average molecular weight is 396 g/mol. The van der Waals surface area contributed by atoms with E-state index in [1.54, 1.807) is 18.4 Å². The van der Waals surface area contributed by atoms with Gasteiger partial charge in [0.2, 0.25) is 0 Å². The molecule has 0 spiro atoms. The van der Waals surface area contributed by atoms with Crippen molar-refractivity contribution in [2.45, 2.75) is 31.6 Å². The van der Waals surface area contributed by atoms with Crippen molar-refractivity contribution in [1.29, 1.82) is 0 Å². The van der Waals surface area contributed by atoms with E-state index in [1.807, 2.05) is 0 Å². The number of rotatable bonds is 4. The summed E-state index contributed by atoms with van der Waals surface area (Å²) in [5.74, 6) is 0.671. The summed E-state index contributed by atoms with van der Waals surface area (Å²) in [7, 11) is 1.70. The highest BCUT2D eigenvalue weighted by molar-refractivity contribution is 7.14. The molecule has 1 fully saturated rings. The predicted octanol–water partition coefficient (Wildman–Crippen LogP) is 4.10. The standard InChI is InChI=1S/C19H23F3N4S/c1-23-18(24-13-14-4-6-15(7-5-14)19(20,21)22)25-16-8-10-26(11-9-16)17-3-2-12-27-17/h2-7,12,16H,8-11,13H2,1H3,(H2,23,24,25). The maximum atomic E-state index is 12.6. The smallest absolute Gasteiger partial charge is 0.363 e. The maximum Gasteiger partial charge on any atom is 0.416 e. The topological polar surface area (TPSA) is 39.7 Å². The summed E-state index contributed by atoms with van der Waals surface area (Å²) in [6, 6.07) is 9.73. The minimum atomic E-state index is -4.30. The van der Waals surface area contributed by atoms with Crippen molar-refractivity contribution in [2.75, 3.05) is 25.0 Å². The summed E-state index contributed by atoms with van der Waals surface area (Å²) in [4.78, 5) is 6.62. The van der Waals surface area contributed by atoms with Crippen LogP contribution in [0.15, 0.2) is 46.8 Å². The lowest BCUT2D eigenvalue weighted by atomic mass is 10.1. The number of nitrogens with zero attached hydrogens (tertiary/aromatic N) is 2. The fourth-order valence-electron chi connectivity index (χ4n) is 3.08. The number of piperidine rings is 1. The number of alkyl halides is 3. The van der Waals surface area contributed by atoms with Gasteiger partial charge in [-0.15, -0.1) is 11.3 Å². The largest absolute Gasteiger partial charge is 0.416 e. The molecule has 1 aromatic carbocycles. The molecular weight excluding hydrogens is 373 g/mol. The molecule has 3 rings (SSSR count). The zero-order chi connectivity index (χ0) is 19.3. The third kappa shape index (κ3) is 5.38. The Labute approximate surface area is 161 Å². The summed E-state index contributed by atoms with van der Waals surface area (Å²) in [6.07, 6.45) is -2.28. The molecule has 0 aliphatic carbocycles. The Morgan fingerprint density at radius 2 is 1.89 bits per heavy atom. The van der Waals surface area contributed by atoms with E-state index in [0.717, 1.165) is 43.6 Å². The predicted molar refractivity (Wildman–Crippen MR) is 104 cm³/mol. The van der Waals surface area contributed by atoms with E-state index in [1.165, 1.54) is 17.1 Å². The van der Waals surface area contributed by atoms with Crippen LogP contribution >= 0.6 is 11.3 Å². The molecule has 1 aromatic heterocycles. The van der Waals surface area contributed by atoms with Gasteiger partial charge in [0.25, 0.3) is 0 Å². The van der Waals surface area contributed by atoms with E-state index in [-0.39, 0.29) is 0 Å². The first-order valence-corrected chi connectivity index (χ1v) is 9.75. The van der Waals surface area contributed by atoms with Crippen molar-refractivity contribution in [3.63, 3.8) is 0 Å². The fraction of sp³-hybridized carbons (Fsp3) is 0.421. The highest BCUT2D eigenvalue weighted by atomic mass is 32.1. The first-order chi connectivity index (χ1) is 13.0. The van der Waals surface area contributed by atoms with Crippen molar-refractivity contribution >= 4 is 22.3 Å². The third-order valence-corrected chi connectivity index (χ3v) is 5.55. The minimum absolute atomic E-state index is 0.333. The SMILES string of the molecule is CN=C(NCc1ccc(C(F)(F)F)cc1)NC1CCN(c2cccs2)CC1. The second kappa shape index (κ2) is 8.65. The first kappa shape index (κ1) is 19.5. The summed E-state index contributed by atoms with van der Waals surface area (Å²) < 4.78 is 37.9. The van der Waals surface area contributed by atoms with Crippen LogP contribution in [0.1, 0.15) is 24.0 Å². The maximum absolute atomic E-state index is 12.6. The molecule has 0 amide bonds. The molecule has 0 bridgehead atoms. The number of anilines is 1. The number of aliphatic imine (C=N–C) groups is 1. The van der Waals surface area contributed by atoms with Crippen molar-refractivity contribution in [2.24, 2.45) is 4.99 Å². The quantitative estimate of drug-likeness (QED) is 0.604. The number of guanidine groups is 1. The fourth-order valence-corrected chi connectivity index (χ4v) is 3.86. The van der Waals surface area contributed by atoms with Gasteiger partial charge in [0.1, 0.15) is 0 Å². The van der Waals surface area contributed by atoms with Crippen LogP contribution < -0.4 is 15.5 Å². The Kier molecular flexibility index (Phi) is 6.26. The van der Waals surface area contributed by atoms with Crippen molar-refractivity contribution in [3.8, 4) is 0 Å². The Morgan fingerprint density at radius 3 is 2.44 bits per heavy atom. The van der Waals surface area contributed by atoms with Gasteiger partial charge in [-0.3, -0.25) is 4.99 Å². The van der Waals surface area contributed by atoms with Gasteiger partial charge in [-0.25, -0.2) is 0 Å². The van der Waals surface area contributed by atoms with Gasteiger partial charge >= 0.3 is 6.18 Å². The Balaban J connectivity index is 1.46. The molecule has 2 aromatic rings. The van der Waals surface area contributed by atoms with Gasteiger partial charge in [-0.2, -0.15) is 13.2 Å². The van der Waals surface area contributed by atoms with Gasteiger partial charge in [-0.1, -0.05) is 12.1 Å². The van der Waals surface area contributed by atoms with Gasteiger partial charge in [0.15, 0.2) is 5.96 Å². The van der Waals surface area contributed by atoms with Crippen LogP contribution in [0.3, 0.4) is 0 Å². The monoisotopic (exact) mass is 396 g/mol. The van der Waals surface area contributed by atoms with Gasteiger partial charge < -0.3 is 15.5 Å². The lowest BCUT2D eigenvalue weighted by molar-refractivity contribution is -0.137. The number of benzene rings is 1. The van der Waals surface area contributed by atoms with Gasteiger partial charge in [0.05, 0.1) is 10.6 Å². The molecule has 0 atom stereocenters. The second-order valence-corrected chi connectivity index (χ2v) is 7.40. The van der Waals surface area contributed by atoms with Crippen molar-refractivity contribution in [1.82, 2.24) is 10.6 Å². The van der Waals surface area contributed by atoms with Crippen LogP contribution in [0, 0.1) is 0 Å². The normalized spacial score (nSPS) is 16.4. The molecule has 146 valence electrons. The van der Waals surface area contributed by atoms with Crippen molar-refractivity contribution in [3.05, 3.63) is 52.9 Å². The number of halogens is 3.